The normalized spacial score (nSPS) is 11.8. The van der Waals surface area contributed by atoms with Crippen molar-refractivity contribution < 1.29 is 0 Å². The molecule has 3 nitrogen and oxygen atoms in total. The number of aromatic nitrogens is 3. The first kappa shape index (κ1) is 29.6. The lowest BCUT2D eigenvalue weighted by Crippen LogP contribution is -2.00. The van der Waals surface area contributed by atoms with Gasteiger partial charge in [0.25, 0.3) is 0 Å². The Morgan fingerprint density at radius 2 is 0.925 bits per heavy atom. The average Bonchev–Trinajstić information content (AvgIpc) is 3.60. The van der Waals surface area contributed by atoms with Crippen molar-refractivity contribution in [3.05, 3.63) is 188 Å². The molecule has 9 aromatic carbocycles. The van der Waals surface area contributed by atoms with Gasteiger partial charge in [0.1, 0.15) is 0 Å². The van der Waals surface area contributed by atoms with E-state index in [1.165, 1.54) is 54.1 Å². The smallest absolute Gasteiger partial charge is 0.160 e. The van der Waals surface area contributed by atoms with Crippen LogP contribution in [-0.4, -0.2) is 14.5 Å². The Morgan fingerprint density at radius 1 is 0.340 bits per heavy atom. The molecule has 0 bridgehead atoms. The summed E-state index contributed by atoms with van der Waals surface area (Å²) in [6, 6.07) is 67.3. The van der Waals surface area contributed by atoms with Crippen LogP contribution in [0.15, 0.2) is 188 Å². The van der Waals surface area contributed by atoms with Gasteiger partial charge >= 0.3 is 0 Å². The van der Waals surface area contributed by atoms with Crippen molar-refractivity contribution in [3.8, 4) is 39.5 Å². The van der Waals surface area contributed by atoms with Crippen LogP contribution in [0.2, 0.25) is 0 Å². The third-order valence-electron chi connectivity index (χ3n) is 10.7. The fraction of sp³-hybridized carbons (Fsp3) is 0. The van der Waals surface area contributed by atoms with E-state index in [4.69, 9.17) is 9.97 Å². The standard InChI is InChI=1S/C50H31N3/c1-3-15-32(16-4-1)35-29-36(50-51-45-26-14-13-25-43(45)47(52-50)34-18-5-2-6-19-34)31-37(30-35)53-48-38-20-8-7-17-33(38)27-28-44(48)46-41-23-11-9-21-39(41)40-22-10-12-24-42(40)49(46)53/h1-31H. The monoisotopic (exact) mass is 673 g/mol. The van der Waals surface area contributed by atoms with Crippen LogP contribution in [0.3, 0.4) is 0 Å². The van der Waals surface area contributed by atoms with Gasteiger partial charge in [-0.25, -0.2) is 9.97 Å². The van der Waals surface area contributed by atoms with Crippen LogP contribution < -0.4 is 0 Å². The fourth-order valence-corrected chi connectivity index (χ4v) is 8.38. The Morgan fingerprint density at radius 3 is 1.70 bits per heavy atom. The Bertz CT molecular complexity index is 3210. The van der Waals surface area contributed by atoms with E-state index in [-0.39, 0.29) is 0 Å². The molecule has 0 spiro atoms. The van der Waals surface area contributed by atoms with Crippen LogP contribution in [-0.2, 0) is 0 Å². The summed E-state index contributed by atoms with van der Waals surface area (Å²) in [6.45, 7) is 0. The van der Waals surface area contributed by atoms with Crippen LogP contribution in [0.5, 0.6) is 0 Å². The summed E-state index contributed by atoms with van der Waals surface area (Å²) >= 11 is 0. The molecule has 11 rings (SSSR count). The van der Waals surface area contributed by atoms with Crippen molar-refractivity contribution >= 4 is 65.0 Å². The number of fused-ring (bicyclic) bond motifs is 11. The molecule has 11 aromatic rings. The zero-order chi connectivity index (χ0) is 34.9. The first-order chi connectivity index (χ1) is 26.3. The van der Waals surface area contributed by atoms with Gasteiger partial charge in [-0.15, -0.1) is 0 Å². The second kappa shape index (κ2) is 11.7. The molecule has 2 aromatic heterocycles. The molecule has 0 radical (unpaired) electrons. The first-order valence-electron chi connectivity index (χ1n) is 18.1. The summed E-state index contributed by atoms with van der Waals surface area (Å²) in [7, 11) is 0. The molecule has 0 aliphatic heterocycles. The third kappa shape index (κ3) is 4.61. The van der Waals surface area contributed by atoms with Gasteiger partial charge in [0.2, 0.25) is 0 Å². The maximum absolute atomic E-state index is 5.34. The fourth-order valence-electron chi connectivity index (χ4n) is 8.38. The van der Waals surface area contributed by atoms with Crippen molar-refractivity contribution in [2.45, 2.75) is 0 Å². The molecule has 0 atom stereocenters. The molecular weight excluding hydrogens is 643 g/mol. The topological polar surface area (TPSA) is 30.7 Å². The minimum Gasteiger partial charge on any atom is -0.308 e. The number of hydrogen-bond donors (Lipinski definition) is 0. The van der Waals surface area contributed by atoms with E-state index >= 15 is 0 Å². The molecule has 0 N–H and O–H groups in total. The van der Waals surface area contributed by atoms with Gasteiger partial charge in [0, 0.05) is 43.7 Å². The SMILES string of the molecule is c1ccc(-c2cc(-c3nc(-c4ccccc4)c4ccccc4n3)cc(-n3c4c5ccccc5ccc4c4c5ccccc5c5ccccc5c43)c2)cc1. The summed E-state index contributed by atoms with van der Waals surface area (Å²) < 4.78 is 2.51. The Balaban J connectivity index is 1.31. The average molecular weight is 674 g/mol. The van der Waals surface area contributed by atoms with Crippen molar-refractivity contribution in [1.82, 2.24) is 14.5 Å². The van der Waals surface area contributed by atoms with E-state index in [0.717, 1.165) is 44.5 Å². The molecule has 246 valence electrons. The molecular formula is C50H31N3. The Hall–Kier alpha value is -7.10. The number of benzene rings is 9. The minimum atomic E-state index is 0.697. The molecule has 0 aliphatic rings. The van der Waals surface area contributed by atoms with E-state index in [2.05, 4.69) is 187 Å². The van der Waals surface area contributed by atoms with E-state index < -0.39 is 0 Å². The largest absolute Gasteiger partial charge is 0.308 e. The van der Waals surface area contributed by atoms with E-state index in [0.29, 0.717) is 5.82 Å². The highest BCUT2D eigenvalue weighted by Crippen LogP contribution is 2.45. The molecule has 0 saturated carbocycles. The zero-order valence-corrected chi connectivity index (χ0v) is 28.7. The molecule has 0 aliphatic carbocycles. The zero-order valence-electron chi connectivity index (χ0n) is 28.7. The summed E-state index contributed by atoms with van der Waals surface area (Å²) in [5.41, 5.74) is 9.59. The summed E-state index contributed by atoms with van der Waals surface area (Å²) in [5, 5.41) is 11.0. The highest BCUT2D eigenvalue weighted by atomic mass is 15.0. The maximum atomic E-state index is 5.34. The van der Waals surface area contributed by atoms with Gasteiger partial charge in [0.05, 0.1) is 22.2 Å². The van der Waals surface area contributed by atoms with Crippen LogP contribution in [0.4, 0.5) is 0 Å². The lowest BCUT2D eigenvalue weighted by atomic mass is 9.96. The van der Waals surface area contributed by atoms with Gasteiger partial charge in [-0.3, -0.25) is 0 Å². The van der Waals surface area contributed by atoms with Crippen LogP contribution in [0.1, 0.15) is 0 Å². The van der Waals surface area contributed by atoms with Crippen molar-refractivity contribution in [1.29, 1.82) is 0 Å². The van der Waals surface area contributed by atoms with Crippen LogP contribution >= 0.6 is 0 Å². The summed E-state index contributed by atoms with van der Waals surface area (Å²) in [4.78, 5) is 10.6. The highest BCUT2D eigenvalue weighted by molar-refractivity contribution is 6.34. The summed E-state index contributed by atoms with van der Waals surface area (Å²) in [5.74, 6) is 0.697. The van der Waals surface area contributed by atoms with Crippen LogP contribution in [0.25, 0.3) is 104 Å². The van der Waals surface area contributed by atoms with Crippen molar-refractivity contribution in [3.63, 3.8) is 0 Å². The van der Waals surface area contributed by atoms with Gasteiger partial charge in [0.15, 0.2) is 5.82 Å². The van der Waals surface area contributed by atoms with Crippen molar-refractivity contribution in [2.75, 3.05) is 0 Å². The predicted molar refractivity (Wildman–Crippen MR) is 223 cm³/mol. The first-order valence-corrected chi connectivity index (χ1v) is 18.1. The lowest BCUT2D eigenvalue weighted by Gasteiger charge is -2.16. The summed E-state index contributed by atoms with van der Waals surface area (Å²) in [6.07, 6.45) is 0. The lowest BCUT2D eigenvalue weighted by molar-refractivity contribution is 1.18. The molecule has 53 heavy (non-hydrogen) atoms. The van der Waals surface area contributed by atoms with E-state index in [1.54, 1.807) is 0 Å². The van der Waals surface area contributed by atoms with E-state index in [1.807, 2.05) is 6.07 Å². The number of nitrogens with zero attached hydrogens (tertiary/aromatic N) is 3. The number of hydrogen-bond acceptors (Lipinski definition) is 2. The molecule has 0 saturated heterocycles. The Labute approximate surface area is 306 Å². The minimum absolute atomic E-state index is 0.697. The highest BCUT2D eigenvalue weighted by Gasteiger charge is 2.22. The third-order valence-corrected chi connectivity index (χ3v) is 10.7. The second-order valence-corrected chi connectivity index (χ2v) is 13.7. The van der Waals surface area contributed by atoms with Gasteiger partial charge in [-0.2, -0.15) is 0 Å². The van der Waals surface area contributed by atoms with Gasteiger partial charge in [-0.1, -0.05) is 164 Å². The maximum Gasteiger partial charge on any atom is 0.160 e. The molecule has 0 unspecified atom stereocenters. The van der Waals surface area contributed by atoms with E-state index in [9.17, 15) is 0 Å². The Kier molecular flexibility index (Phi) is 6.55. The quantitative estimate of drug-likeness (QED) is 0.174. The van der Waals surface area contributed by atoms with Crippen LogP contribution in [0, 0.1) is 0 Å². The molecule has 3 heteroatoms. The van der Waals surface area contributed by atoms with Gasteiger partial charge in [-0.05, 0) is 56.9 Å². The van der Waals surface area contributed by atoms with Crippen molar-refractivity contribution in [2.24, 2.45) is 0 Å². The molecule has 0 fully saturated rings. The number of rotatable bonds is 4. The predicted octanol–water partition coefficient (Wildman–Crippen LogP) is 13.2. The molecule has 2 heterocycles. The molecule has 0 amide bonds. The second-order valence-electron chi connectivity index (χ2n) is 13.7. The van der Waals surface area contributed by atoms with Gasteiger partial charge < -0.3 is 4.57 Å². The number of para-hydroxylation sites is 1.